The summed E-state index contributed by atoms with van der Waals surface area (Å²) >= 11 is 0. The quantitative estimate of drug-likeness (QED) is 0.386. The Morgan fingerprint density at radius 3 is 2.42 bits per heavy atom. The second-order valence-electron chi connectivity index (χ2n) is 7.52. The van der Waals surface area contributed by atoms with Gasteiger partial charge in [0.1, 0.15) is 11.4 Å². The second-order valence-corrected chi connectivity index (χ2v) is 7.52. The number of halogens is 1. The Balaban J connectivity index is 1.56. The number of hydrogen-bond donors (Lipinski definition) is 1. The largest absolute Gasteiger partial charge is 0.342 e. The molecule has 0 spiro atoms. The number of carbonyl (C=O) groups is 3. The molecule has 1 aliphatic heterocycles. The fourth-order valence-electron chi connectivity index (χ4n) is 3.85. The van der Waals surface area contributed by atoms with Crippen LogP contribution in [0.15, 0.2) is 84.8 Å². The Kier molecular flexibility index (Phi) is 5.02. The summed E-state index contributed by atoms with van der Waals surface area (Å²) in [4.78, 5) is 42.8. The minimum absolute atomic E-state index is 0.156. The number of amides is 4. The molecule has 162 valence electrons. The predicted molar refractivity (Wildman–Crippen MR) is 121 cm³/mol. The molecule has 7 nitrogen and oxygen atoms in total. The van der Waals surface area contributed by atoms with Crippen LogP contribution < -0.4 is 10.2 Å². The van der Waals surface area contributed by atoms with Crippen molar-refractivity contribution in [1.29, 1.82) is 0 Å². The molecule has 0 saturated carbocycles. The van der Waals surface area contributed by atoms with Crippen molar-refractivity contribution in [1.82, 2.24) is 14.9 Å². The van der Waals surface area contributed by atoms with Crippen molar-refractivity contribution >= 4 is 40.5 Å². The van der Waals surface area contributed by atoms with E-state index in [2.05, 4.69) is 10.3 Å². The Morgan fingerprint density at radius 1 is 0.939 bits per heavy atom. The molecule has 0 atom stereocenters. The summed E-state index contributed by atoms with van der Waals surface area (Å²) in [5.41, 5.74) is 2.59. The molecule has 1 aliphatic rings. The molecular formula is C25H17FN4O3. The number of hydrogen-bond acceptors (Lipinski definition) is 4. The van der Waals surface area contributed by atoms with Crippen LogP contribution in [0.2, 0.25) is 0 Å². The smallest absolute Gasteiger partial charge is 0.335 e. The number of rotatable bonds is 4. The van der Waals surface area contributed by atoms with Gasteiger partial charge >= 0.3 is 6.03 Å². The van der Waals surface area contributed by atoms with Crippen LogP contribution in [0.3, 0.4) is 0 Å². The molecule has 2 aromatic carbocycles. The maximum atomic E-state index is 13.3. The molecule has 2 aromatic heterocycles. The van der Waals surface area contributed by atoms with E-state index in [-0.39, 0.29) is 11.4 Å². The molecule has 1 N–H and O–H groups in total. The van der Waals surface area contributed by atoms with Gasteiger partial charge in [-0.2, -0.15) is 0 Å². The maximum absolute atomic E-state index is 13.3. The number of carbonyl (C=O) groups excluding carboxylic acids is 3. The first-order valence-electron chi connectivity index (χ1n) is 10.1. The van der Waals surface area contributed by atoms with E-state index < -0.39 is 17.8 Å². The molecule has 8 heteroatoms. The third-order valence-corrected chi connectivity index (χ3v) is 5.41. The number of barbiturate groups is 1. The molecule has 0 bridgehead atoms. The Hall–Kier alpha value is -4.59. The van der Waals surface area contributed by atoms with Crippen LogP contribution in [-0.4, -0.2) is 27.4 Å². The number of aromatic nitrogens is 2. The molecule has 33 heavy (non-hydrogen) atoms. The van der Waals surface area contributed by atoms with E-state index in [1.165, 1.54) is 42.7 Å². The van der Waals surface area contributed by atoms with E-state index >= 15 is 0 Å². The Labute approximate surface area is 187 Å². The van der Waals surface area contributed by atoms with E-state index in [4.69, 9.17) is 0 Å². The van der Waals surface area contributed by atoms with Gasteiger partial charge in [0.2, 0.25) is 0 Å². The number of benzene rings is 2. The lowest BCUT2D eigenvalue weighted by Crippen LogP contribution is -2.54. The standard InChI is InChI=1S/C25H17FN4O3/c26-18-7-5-16(6-8-18)14-29-15-17(20-3-1-2-4-22(20)29)13-21-23(31)28-25(33)30(24(21)32)19-9-11-27-12-10-19/h1-13,15H,14H2,(H,28,31,33)/b21-13+. The Bertz CT molecular complexity index is 1430. The molecule has 1 fully saturated rings. The molecule has 4 amide bonds. The van der Waals surface area contributed by atoms with E-state index in [1.807, 2.05) is 35.0 Å². The number of imide groups is 2. The van der Waals surface area contributed by atoms with Gasteiger partial charge < -0.3 is 4.57 Å². The molecule has 5 rings (SSSR count). The number of pyridine rings is 1. The summed E-state index contributed by atoms with van der Waals surface area (Å²) in [6.07, 6.45) is 6.23. The fraction of sp³-hybridized carbons (Fsp3) is 0.0400. The highest BCUT2D eigenvalue weighted by molar-refractivity contribution is 6.39. The highest BCUT2D eigenvalue weighted by Gasteiger charge is 2.37. The van der Waals surface area contributed by atoms with Crippen LogP contribution in [0, 0.1) is 5.82 Å². The lowest BCUT2D eigenvalue weighted by Gasteiger charge is -2.26. The highest BCUT2D eigenvalue weighted by Crippen LogP contribution is 2.27. The zero-order valence-electron chi connectivity index (χ0n) is 17.2. The molecule has 0 unspecified atom stereocenters. The molecule has 1 saturated heterocycles. The molecule has 4 aromatic rings. The summed E-state index contributed by atoms with van der Waals surface area (Å²) in [5.74, 6) is -1.78. The fourth-order valence-corrected chi connectivity index (χ4v) is 3.85. The summed E-state index contributed by atoms with van der Waals surface area (Å²) < 4.78 is 15.2. The molecule has 3 heterocycles. The summed E-state index contributed by atoms with van der Waals surface area (Å²) in [6.45, 7) is 0.478. The minimum atomic E-state index is -0.813. The zero-order chi connectivity index (χ0) is 22.9. The number of nitrogens with one attached hydrogen (secondary N) is 1. The Morgan fingerprint density at radius 2 is 1.67 bits per heavy atom. The van der Waals surface area contributed by atoms with Gasteiger partial charge in [0, 0.05) is 41.6 Å². The van der Waals surface area contributed by atoms with Crippen molar-refractivity contribution < 1.29 is 18.8 Å². The van der Waals surface area contributed by atoms with Gasteiger partial charge in [-0.1, -0.05) is 30.3 Å². The summed E-state index contributed by atoms with van der Waals surface area (Å²) in [5, 5.41) is 3.06. The monoisotopic (exact) mass is 440 g/mol. The minimum Gasteiger partial charge on any atom is -0.342 e. The number of nitrogens with zero attached hydrogens (tertiary/aromatic N) is 3. The van der Waals surface area contributed by atoms with Gasteiger partial charge in [0.25, 0.3) is 11.8 Å². The van der Waals surface area contributed by atoms with Crippen molar-refractivity contribution in [3.63, 3.8) is 0 Å². The highest BCUT2D eigenvalue weighted by atomic mass is 19.1. The predicted octanol–water partition coefficient (Wildman–Crippen LogP) is 3.89. The first-order valence-corrected chi connectivity index (χ1v) is 10.1. The van der Waals surface area contributed by atoms with Crippen molar-refractivity contribution in [3.8, 4) is 0 Å². The van der Waals surface area contributed by atoms with E-state index in [1.54, 1.807) is 12.1 Å². The van der Waals surface area contributed by atoms with Gasteiger partial charge in [-0.05, 0) is 42.0 Å². The lowest BCUT2D eigenvalue weighted by atomic mass is 10.1. The van der Waals surface area contributed by atoms with E-state index in [0.717, 1.165) is 21.4 Å². The first-order chi connectivity index (χ1) is 16.0. The van der Waals surface area contributed by atoms with Crippen molar-refractivity contribution in [2.45, 2.75) is 6.54 Å². The average molecular weight is 440 g/mol. The van der Waals surface area contributed by atoms with Crippen LogP contribution in [0.1, 0.15) is 11.1 Å². The van der Waals surface area contributed by atoms with Crippen molar-refractivity contribution in [2.75, 3.05) is 4.90 Å². The number of anilines is 1. The SMILES string of the molecule is O=C1NC(=O)N(c2ccncc2)C(=O)/C1=C/c1cn(Cc2ccc(F)cc2)c2ccccc12. The van der Waals surface area contributed by atoms with Crippen LogP contribution in [0.4, 0.5) is 14.9 Å². The number of para-hydroxylation sites is 1. The van der Waals surface area contributed by atoms with Crippen LogP contribution in [0.5, 0.6) is 0 Å². The third-order valence-electron chi connectivity index (χ3n) is 5.41. The van der Waals surface area contributed by atoms with Gasteiger partial charge in [0.05, 0.1) is 5.69 Å². The normalized spacial score (nSPS) is 15.4. The number of urea groups is 1. The lowest BCUT2D eigenvalue weighted by molar-refractivity contribution is -0.122. The van der Waals surface area contributed by atoms with Crippen LogP contribution in [0.25, 0.3) is 17.0 Å². The molecule has 0 aliphatic carbocycles. The summed E-state index contributed by atoms with van der Waals surface area (Å²) in [6, 6.07) is 16.0. The first kappa shape index (κ1) is 20.3. The van der Waals surface area contributed by atoms with Gasteiger partial charge in [-0.15, -0.1) is 0 Å². The topological polar surface area (TPSA) is 84.3 Å². The van der Waals surface area contributed by atoms with E-state index in [0.29, 0.717) is 17.8 Å². The molecular weight excluding hydrogens is 423 g/mol. The van der Waals surface area contributed by atoms with Gasteiger partial charge in [0.15, 0.2) is 0 Å². The summed E-state index contributed by atoms with van der Waals surface area (Å²) in [7, 11) is 0. The zero-order valence-corrected chi connectivity index (χ0v) is 17.2. The number of fused-ring (bicyclic) bond motifs is 1. The van der Waals surface area contributed by atoms with Crippen LogP contribution >= 0.6 is 0 Å². The van der Waals surface area contributed by atoms with Gasteiger partial charge in [-0.25, -0.2) is 14.1 Å². The van der Waals surface area contributed by atoms with Gasteiger partial charge in [-0.3, -0.25) is 19.9 Å². The molecule has 0 radical (unpaired) electrons. The maximum Gasteiger partial charge on any atom is 0.335 e. The van der Waals surface area contributed by atoms with Crippen LogP contribution in [-0.2, 0) is 16.1 Å². The third kappa shape index (κ3) is 3.78. The second kappa shape index (κ2) is 8.16. The van der Waals surface area contributed by atoms with Crippen molar-refractivity contribution in [3.05, 3.63) is 102 Å². The van der Waals surface area contributed by atoms with Crippen molar-refractivity contribution in [2.24, 2.45) is 0 Å². The van der Waals surface area contributed by atoms with E-state index in [9.17, 15) is 18.8 Å². The average Bonchev–Trinajstić information content (AvgIpc) is 3.16.